The Kier molecular flexibility index (Phi) is 8.15. The molecule has 2 aliphatic rings. The van der Waals surface area contributed by atoms with Gasteiger partial charge in [-0.3, -0.25) is 4.48 Å². The predicted molar refractivity (Wildman–Crippen MR) is 156 cm³/mol. The molecule has 0 radical (unpaired) electrons. The van der Waals surface area contributed by atoms with Crippen molar-refractivity contribution in [1.29, 1.82) is 0 Å². The predicted octanol–water partition coefficient (Wildman–Crippen LogP) is 5.43. The number of nitrogen functional groups attached to an aromatic ring is 1. The minimum Gasteiger partial charge on any atom is -0.398 e. The van der Waals surface area contributed by atoms with Gasteiger partial charge in [0.2, 0.25) is 9.84 Å². The van der Waals surface area contributed by atoms with Crippen LogP contribution in [0.2, 0.25) is 5.02 Å². The standard InChI is InChI=1S/C31H36ClN3O3S/c1-22-6-4-10-28(30(22)33)31(36)35(26-12-16-34-17-13-26)18-14-23(15-19-35)20-24-7-2-3-11-29(24)39(37,38)27-9-5-8-25(32)21-27/h2-11,21,23,26,34H,12-20H2,1H3,(H-,33,36)/p+1. The first-order valence-corrected chi connectivity index (χ1v) is 15.6. The van der Waals surface area contributed by atoms with E-state index in [0.717, 1.165) is 63.0 Å². The highest BCUT2D eigenvalue weighted by molar-refractivity contribution is 7.91. The van der Waals surface area contributed by atoms with Crippen molar-refractivity contribution >= 4 is 33.0 Å². The van der Waals surface area contributed by atoms with Gasteiger partial charge in [0.25, 0.3) is 0 Å². The Morgan fingerprint density at radius 3 is 2.38 bits per heavy atom. The third-order valence-corrected chi connectivity index (χ3v) is 10.8. The van der Waals surface area contributed by atoms with Crippen LogP contribution in [0.4, 0.5) is 5.69 Å². The van der Waals surface area contributed by atoms with Gasteiger partial charge in [-0.05, 0) is 60.7 Å². The molecule has 2 fully saturated rings. The van der Waals surface area contributed by atoms with Crippen molar-refractivity contribution in [1.82, 2.24) is 5.32 Å². The van der Waals surface area contributed by atoms with E-state index in [9.17, 15) is 13.2 Å². The van der Waals surface area contributed by atoms with Crippen LogP contribution in [0.3, 0.4) is 0 Å². The molecule has 0 aromatic heterocycles. The zero-order chi connectivity index (χ0) is 27.6. The van der Waals surface area contributed by atoms with E-state index < -0.39 is 9.84 Å². The first-order valence-electron chi connectivity index (χ1n) is 13.8. The highest BCUT2D eigenvalue weighted by Crippen LogP contribution is 2.37. The number of likely N-dealkylation sites (tertiary alicyclic amines) is 1. The molecule has 5 rings (SSSR count). The van der Waals surface area contributed by atoms with Crippen molar-refractivity contribution in [3.8, 4) is 0 Å². The number of para-hydroxylation sites is 1. The molecule has 0 spiro atoms. The van der Waals surface area contributed by atoms with E-state index in [1.54, 1.807) is 30.3 Å². The van der Waals surface area contributed by atoms with Gasteiger partial charge in [-0.1, -0.05) is 48.0 Å². The highest BCUT2D eigenvalue weighted by atomic mass is 35.5. The molecule has 206 valence electrons. The summed E-state index contributed by atoms with van der Waals surface area (Å²) >= 11 is 6.11. The summed E-state index contributed by atoms with van der Waals surface area (Å²) in [7, 11) is -3.70. The average Bonchev–Trinajstić information content (AvgIpc) is 2.95. The summed E-state index contributed by atoms with van der Waals surface area (Å²) in [6.07, 6.45) is 4.29. The maximum atomic E-state index is 14.2. The Morgan fingerprint density at radius 2 is 1.67 bits per heavy atom. The number of carbonyl (C=O) groups is 1. The number of halogens is 1. The van der Waals surface area contributed by atoms with Gasteiger partial charge >= 0.3 is 5.91 Å². The van der Waals surface area contributed by atoms with E-state index >= 15 is 0 Å². The number of nitrogens with zero attached hydrogens (tertiary/aromatic N) is 1. The Labute approximate surface area is 236 Å². The molecule has 3 N–H and O–H groups in total. The number of nitrogens with one attached hydrogen (secondary N) is 1. The maximum absolute atomic E-state index is 14.2. The van der Waals surface area contributed by atoms with Crippen LogP contribution < -0.4 is 11.1 Å². The van der Waals surface area contributed by atoms with Crippen molar-refractivity contribution in [3.05, 3.63) is 88.4 Å². The van der Waals surface area contributed by atoms with E-state index in [0.29, 0.717) is 32.1 Å². The summed E-state index contributed by atoms with van der Waals surface area (Å²) in [5.74, 6) is 0.418. The summed E-state index contributed by atoms with van der Waals surface area (Å²) in [5, 5.41) is 3.83. The quantitative estimate of drug-likeness (QED) is 0.307. The number of hydrogen-bond donors (Lipinski definition) is 2. The lowest BCUT2D eigenvalue weighted by Crippen LogP contribution is -2.64. The lowest BCUT2D eigenvalue weighted by atomic mass is 9.85. The van der Waals surface area contributed by atoms with Crippen LogP contribution in [0.1, 0.15) is 47.2 Å². The topological polar surface area (TPSA) is 89.3 Å². The van der Waals surface area contributed by atoms with Crippen LogP contribution in [0.25, 0.3) is 0 Å². The smallest absolute Gasteiger partial charge is 0.348 e. The zero-order valence-electron chi connectivity index (χ0n) is 22.4. The Hall–Kier alpha value is -2.71. The van der Waals surface area contributed by atoms with Crippen LogP contribution in [-0.4, -0.2) is 51.0 Å². The molecule has 0 bridgehead atoms. The molecule has 2 aliphatic heterocycles. The number of benzene rings is 3. The van der Waals surface area contributed by atoms with Crippen molar-refractivity contribution < 1.29 is 17.7 Å². The van der Waals surface area contributed by atoms with E-state index in [1.807, 2.05) is 37.3 Å². The second-order valence-electron chi connectivity index (χ2n) is 11.0. The minimum absolute atomic E-state index is 0.130. The van der Waals surface area contributed by atoms with Gasteiger partial charge in [0.15, 0.2) is 0 Å². The van der Waals surface area contributed by atoms with Gasteiger partial charge in [0, 0.05) is 43.8 Å². The lowest BCUT2D eigenvalue weighted by molar-refractivity contribution is -0.881. The van der Waals surface area contributed by atoms with Crippen LogP contribution in [-0.2, 0) is 16.3 Å². The number of aryl methyl sites for hydroxylation is 1. The van der Waals surface area contributed by atoms with E-state index in [2.05, 4.69) is 5.32 Å². The molecule has 0 unspecified atom stereocenters. The molecule has 2 saturated heterocycles. The maximum Gasteiger partial charge on any atom is 0.348 e. The molecule has 3 aromatic rings. The van der Waals surface area contributed by atoms with Crippen LogP contribution >= 0.6 is 11.6 Å². The molecular formula is C31H37ClN3O3S+. The first-order chi connectivity index (χ1) is 18.7. The van der Waals surface area contributed by atoms with E-state index in [4.69, 9.17) is 17.3 Å². The molecule has 6 nitrogen and oxygen atoms in total. The SMILES string of the molecule is Cc1cccc(C(=O)[N+]2(C3CCNCC3)CCC(Cc3ccccc3S(=O)(=O)c3cccc(Cl)c3)CC2)c1N. The third kappa shape index (κ3) is 5.50. The number of anilines is 1. The number of hydrogen-bond acceptors (Lipinski definition) is 5. The molecular weight excluding hydrogens is 530 g/mol. The van der Waals surface area contributed by atoms with Crippen molar-refractivity contribution in [2.75, 3.05) is 31.9 Å². The molecule has 39 heavy (non-hydrogen) atoms. The fourth-order valence-corrected chi connectivity index (χ4v) is 8.24. The summed E-state index contributed by atoms with van der Waals surface area (Å²) in [6, 6.07) is 19.7. The normalized spacial score (nSPS) is 22.5. The Morgan fingerprint density at radius 1 is 0.974 bits per heavy atom. The van der Waals surface area contributed by atoms with Crippen molar-refractivity contribution in [3.63, 3.8) is 0 Å². The second kappa shape index (κ2) is 11.4. The summed E-state index contributed by atoms with van der Waals surface area (Å²) < 4.78 is 27.5. The van der Waals surface area contributed by atoms with Crippen molar-refractivity contribution in [2.45, 2.75) is 54.9 Å². The monoisotopic (exact) mass is 566 g/mol. The largest absolute Gasteiger partial charge is 0.398 e. The number of sulfone groups is 1. The minimum atomic E-state index is -3.70. The molecule has 3 aromatic carbocycles. The number of quaternary nitrogens is 1. The summed E-state index contributed by atoms with van der Waals surface area (Å²) in [4.78, 5) is 14.7. The molecule has 0 atom stereocenters. The number of rotatable bonds is 6. The molecule has 8 heteroatoms. The third-order valence-electron chi connectivity index (χ3n) is 8.72. The lowest BCUT2D eigenvalue weighted by Gasteiger charge is -2.48. The van der Waals surface area contributed by atoms with Gasteiger partial charge in [-0.2, -0.15) is 0 Å². The number of piperidine rings is 2. The number of amides is 1. The highest BCUT2D eigenvalue weighted by Gasteiger charge is 2.48. The Bertz CT molecular complexity index is 1460. The summed E-state index contributed by atoms with van der Waals surface area (Å²) in [6.45, 7) is 5.26. The zero-order valence-corrected chi connectivity index (χ0v) is 24.0. The van der Waals surface area contributed by atoms with E-state index in [1.165, 1.54) is 6.07 Å². The van der Waals surface area contributed by atoms with Gasteiger partial charge < -0.3 is 11.1 Å². The van der Waals surface area contributed by atoms with Crippen LogP contribution in [0, 0.1) is 12.8 Å². The van der Waals surface area contributed by atoms with Crippen LogP contribution in [0.15, 0.2) is 76.5 Å². The van der Waals surface area contributed by atoms with E-state index in [-0.39, 0.29) is 22.8 Å². The van der Waals surface area contributed by atoms with Gasteiger partial charge in [0.05, 0.1) is 34.6 Å². The second-order valence-corrected chi connectivity index (χ2v) is 13.4. The fourth-order valence-electron chi connectivity index (χ4n) is 6.43. The first kappa shape index (κ1) is 27.8. The number of nitrogens with two attached hydrogens (primary N) is 1. The molecule has 0 saturated carbocycles. The fraction of sp³-hybridized carbons (Fsp3) is 0.387. The van der Waals surface area contributed by atoms with Crippen molar-refractivity contribution in [2.24, 2.45) is 5.92 Å². The molecule has 1 amide bonds. The van der Waals surface area contributed by atoms with Gasteiger partial charge in [-0.15, -0.1) is 0 Å². The van der Waals surface area contributed by atoms with Gasteiger partial charge in [-0.25, -0.2) is 13.2 Å². The number of carbonyl (C=O) groups excluding carboxylic acids is 1. The van der Waals surface area contributed by atoms with Gasteiger partial charge in [0.1, 0.15) is 5.56 Å². The molecule has 0 aliphatic carbocycles. The summed E-state index contributed by atoms with van der Waals surface area (Å²) in [5.41, 5.74) is 9.37. The Balaban J connectivity index is 1.40. The molecule has 2 heterocycles. The van der Waals surface area contributed by atoms with Crippen LogP contribution in [0.5, 0.6) is 0 Å². The average molecular weight is 567 g/mol.